The molecule has 0 bridgehead atoms. The second-order valence-corrected chi connectivity index (χ2v) is 4.26. The maximum atomic E-state index is 11.0. The molecule has 0 aliphatic heterocycles. The van der Waals surface area contributed by atoms with Crippen LogP contribution in [0.5, 0.6) is 0 Å². The van der Waals surface area contributed by atoms with Gasteiger partial charge in [0.1, 0.15) is 0 Å². The third kappa shape index (κ3) is 9.81. The van der Waals surface area contributed by atoms with Crippen molar-refractivity contribution in [2.45, 2.75) is 57.9 Å². The molecule has 0 saturated carbocycles. The van der Waals surface area contributed by atoms with Crippen molar-refractivity contribution in [3.05, 3.63) is 0 Å². The van der Waals surface area contributed by atoms with Gasteiger partial charge in [0, 0.05) is 6.42 Å². The summed E-state index contributed by atoms with van der Waals surface area (Å²) in [4.78, 5) is 21.4. The normalized spacial score (nSPS) is 12.3. The standard InChI is InChI=1S/C12H24N2O3/c1-2-3-4-5-6-9-14-10(12(13)17)7-8-11(15)16/h10,14H,2-9H2,1H3,(H2,13,17)(H,15,16)/t10-/m0/s1. The summed E-state index contributed by atoms with van der Waals surface area (Å²) in [6.07, 6.45) is 6.00. The van der Waals surface area contributed by atoms with Crippen LogP contribution in [0.15, 0.2) is 0 Å². The molecule has 0 aliphatic carbocycles. The lowest BCUT2D eigenvalue weighted by molar-refractivity contribution is -0.137. The summed E-state index contributed by atoms with van der Waals surface area (Å²) in [7, 11) is 0. The fraction of sp³-hybridized carbons (Fsp3) is 0.833. The molecule has 0 heterocycles. The third-order valence-corrected chi connectivity index (χ3v) is 2.66. The van der Waals surface area contributed by atoms with Crippen molar-refractivity contribution < 1.29 is 14.7 Å². The topological polar surface area (TPSA) is 92.4 Å². The van der Waals surface area contributed by atoms with E-state index in [-0.39, 0.29) is 12.8 Å². The third-order valence-electron chi connectivity index (χ3n) is 2.66. The Hall–Kier alpha value is -1.10. The van der Waals surface area contributed by atoms with Crippen molar-refractivity contribution in [2.75, 3.05) is 6.54 Å². The molecule has 0 rings (SSSR count). The smallest absolute Gasteiger partial charge is 0.303 e. The van der Waals surface area contributed by atoms with Gasteiger partial charge in [-0.15, -0.1) is 0 Å². The summed E-state index contributed by atoms with van der Waals surface area (Å²) >= 11 is 0. The van der Waals surface area contributed by atoms with Crippen molar-refractivity contribution in [2.24, 2.45) is 5.73 Å². The molecule has 17 heavy (non-hydrogen) atoms. The Labute approximate surface area is 103 Å². The van der Waals surface area contributed by atoms with Crippen molar-refractivity contribution in [3.63, 3.8) is 0 Å². The van der Waals surface area contributed by atoms with Crippen LogP contribution in [-0.4, -0.2) is 29.6 Å². The zero-order valence-corrected chi connectivity index (χ0v) is 10.6. The highest BCUT2D eigenvalue weighted by atomic mass is 16.4. The van der Waals surface area contributed by atoms with Crippen LogP contribution < -0.4 is 11.1 Å². The van der Waals surface area contributed by atoms with E-state index in [9.17, 15) is 9.59 Å². The molecule has 0 aromatic heterocycles. The molecule has 0 unspecified atom stereocenters. The average Bonchev–Trinajstić information content (AvgIpc) is 2.26. The SMILES string of the molecule is CCCCCCCN[C@@H](CCC(=O)O)C(N)=O. The van der Waals surface area contributed by atoms with E-state index in [4.69, 9.17) is 10.8 Å². The Morgan fingerprint density at radius 1 is 1.24 bits per heavy atom. The fourth-order valence-corrected chi connectivity index (χ4v) is 1.62. The number of carboxylic acids is 1. The van der Waals surface area contributed by atoms with E-state index in [2.05, 4.69) is 12.2 Å². The Morgan fingerprint density at radius 3 is 2.41 bits per heavy atom. The largest absolute Gasteiger partial charge is 0.481 e. The number of nitrogens with two attached hydrogens (primary N) is 1. The maximum Gasteiger partial charge on any atom is 0.303 e. The number of carbonyl (C=O) groups excluding carboxylic acids is 1. The number of unbranched alkanes of at least 4 members (excludes halogenated alkanes) is 4. The van der Waals surface area contributed by atoms with Crippen LogP contribution in [0.3, 0.4) is 0 Å². The second-order valence-electron chi connectivity index (χ2n) is 4.26. The van der Waals surface area contributed by atoms with Gasteiger partial charge < -0.3 is 16.2 Å². The van der Waals surface area contributed by atoms with Crippen LogP contribution in [-0.2, 0) is 9.59 Å². The number of carboxylic acid groups (broad SMARTS) is 1. The Balaban J connectivity index is 3.63. The van der Waals surface area contributed by atoms with Gasteiger partial charge in [0.2, 0.25) is 5.91 Å². The summed E-state index contributed by atoms with van der Waals surface area (Å²) in [5.41, 5.74) is 5.19. The number of carbonyl (C=O) groups is 2. The van der Waals surface area contributed by atoms with Crippen LogP contribution >= 0.6 is 0 Å². The summed E-state index contributed by atoms with van der Waals surface area (Å²) in [6.45, 7) is 2.88. The number of hydrogen-bond acceptors (Lipinski definition) is 3. The van der Waals surface area contributed by atoms with Gasteiger partial charge in [-0.1, -0.05) is 32.6 Å². The van der Waals surface area contributed by atoms with Gasteiger partial charge in [0.05, 0.1) is 6.04 Å². The summed E-state index contributed by atoms with van der Waals surface area (Å²) in [6, 6.07) is -0.516. The summed E-state index contributed by atoms with van der Waals surface area (Å²) in [5, 5.41) is 11.5. The van der Waals surface area contributed by atoms with Crippen LogP contribution in [0.1, 0.15) is 51.9 Å². The molecule has 0 radical (unpaired) electrons. The van der Waals surface area contributed by atoms with Gasteiger partial charge in [0.15, 0.2) is 0 Å². The zero-order chi connectivity index (χ0) is 13.1. The monoisotopic (exact) mass is 244 g/mol. The maximum absolute atomic E-state index is 11.0. The second kappa shape index (κ2) is 10.1. The van der Waals surface area contributed by atoms with Gasteiger partial charge >= 0.3 is 5.97 Å². The van der Waals surface area contributed by atoms with E-state index in [0.717, 1.165) is 19.4 Å². The van der Waals surface area contributed by atoms with Crippen molar-refractivity contribution >= 4 is 11.9 Å². The first-order valence-corrected chi connectivity index (χ1v) is 6.32. The number of nitrogens with one attached hydrogen (secondary N) is 1. The first kappa shape index (κ1) is 15.9. The van der Waals surface area contributed by atoms with Gasteiger partial charge in [-0.25, -0.2) is 0 Å². The van der Waals surface area contributed by atoms with Crippen LogP contribution in [0.2, 0.25) is 0 Å². The lowest BCUT2D eigenvalue weighted by atomic mass is 10.1. The van der Waals surface area contributed by atoms with Crippen LogP contribution in [0.25, 0.3) is 0 Å². The van der Waals surface area contributed by atoms with Crippen molar-refractivity contribution in [1.29, 1.82) is 0 Å². The molecule has 5 heteroatoms. The number of hydrogen-bond donors (Lipinski definition) is 3. The number of aliphatic carboxylic acids is 1. The minimum absolute atomic E-state index is 0.0313. The number of rotatable bonds is 11. The first-order valence-electron chi connectivity index (χ1n) is 6.32. The van der Waals surface area contributed by atoms with E-state index < -0.39 is 17.9 Å². The van der Waals surface area contributed by atoms with E-state index >= 15 is 0 Å². The Morgan fingerprint density at radius 2 is 1.88 bits per heavy atom. The lowest BCUT2D eigenvalue weighted by Gasteiger charge is -2.14. The molecule has 1 atom stereocenters. The molecule has 0 aliphatic rings. The van der Waals surface area contributed by atoms with E-state index in [1.54, 1.807) is 0 Å². The van der Waals surface area contributed by atoms with Crippen molar-refractivity contribution in [3.8, 4) is 0 Å². The minimum Gasteiger partial charge on any atom is -0.481 e. The number of primary amides is 1. The Bertz CT molecular complexity index is 232. The fourth-order valence-electron chi connectivity index (χ4n) is 1.62. The molecule has 0 aromatic carbocycles. The quantitative estimate of drug-likeness (QED) is 0.477. The zero-order valence-electron chi connectivity index (χ0n) is 10.6. The van der Waals surface area contributed by atoms with Gasteiger partial charge in [0.25, 0.3) is 0 Å². The highest BCUT2D eigenvalue weighted by Crippen LogP contribution is 2.02. The molecule has 1 amide bonds. The predicted octanol–water partition coefficient (Wildman–Crippen LogP) is 1.27. The molecule has 0 aromatic rings. The van der Waals surface area contributed by atoms with Gasteiger partial charge in [-0.3, -0.25) is 9.59 Å². The molecule has 0 spiro atoms. The van der Waals surface area contributed by atoms with E-state index in [1.165, 1.54) is 19.3 Å². The molecule has 0 fully saturated rings. The van der Waals surface area contributed by atoms with Crippen LogP contribution in [0, 0.1) is 0 Å². The summed E-state index contributed by atoms with van der Waals surface area (Å²) in [5.74, 6) is -1.37. The van der Waals surface area contributed by atoms with E-state index in [1.807, 2.05) is 0 Å². The number of amides is 1. The molecule has 5 nitrogen and oxygen atoms in total. The molecule has 4 N–H and O–H groups in total. The highest BCUT2D eigenvalue weighted by molar-refractivity contribution is 5.80. The lowest BCUT2D eigenvalue weighted by Crippen LogP contribution is -2.42. The molecular weight excluding hydrogens is 220 g/mol. The molecule has 0 saturated heterocycles. The Kier molecular flexibility index (Phi) is 9.43. The van der Waals surface area contributed by atoms with Crippen LogP contribution in [0.4, 0.5) is 0 Å². The van der Waals surface area contributed by atoms with Gasteiger partial charge in [-0.05, 0) is 19.4 Å². The summed E-state index contributed by atoms with van der Waals surface area (Å²) < 4.78 is 0. The predicted molar refractivity (Wildman–Crippen MR) is 66.6 cm³/mol. The van der Waals surface area contributed by atoms with E-state index in [0.29, 0.717) is 0 Å². The first-order chi connectivity index (χ1) is 8.07. The van der Waals surface area contributed by atoms with Crippen molar-refractivity contribution in [1.82, 2.24) is 5.32 Å². The van der Waals surface area contributed by atoms with Gasteiger partial charge in [-0.2, -0.15) is 0 Å². The molecular formula is C12H24N2O3. The minimum atomic E-state index is -0.902. The average molecular weight is 244 g/mol. The highest BCUT2D eigenvalue weighted by Gasteiger charge is 2.15. The molecule has 100 valence electrons.